The first-order valence-corrected chi connectivity index (χ1v) is 9.37. The van der Waals surface area contributed by atoms with E-state index in [9.17, 15) is 13.6 Å². The summed E-state index contributed by atoms with van der Waals surface area (Å²) in [4.78, 5) is 14.6. The van der Waals surface area contributed by atoms with Gasteiger partial charge in [0, 0.05) is 25.1 Å². The van der Waals surface area contributed by atoms with Crippen LogP contribution >= 0.6 is 0 Å². The number of hydrogen-bond acceptors (Lipinski definition) is 2. The summed E-state index contributed by atoms with van der Waals surface area (Å²) >= 11 is 0. The van der Waals surface area contributed by atoms with Gasteiger partial charge >= 0.3 is 0 Å². The fourth-order valence-electron chi connectivity index (χ4n) is 4.52. The first-order chi connectivity index (χ1) is 12.6. The van der Waals surface area contributed by atoms with Gasteiger partial charge in [-0.1, -0.05) is 12.1 Å². The lowest BCUT2D eigenvalue weighted by atomic mass is 9.64. The van der Waals surface area contributed by atoms with Crippen molar-refractivity contribution < 1.29 is 13.6 Å². The molecule has 136 valence electrons. The van der Waals surface area contributed by atoms with Crippen LogP contribution in [0.1, 0.15) is 41.1 Å². The van der Waals surface area contributed by atoms with E-state index in [0.29, 0.717) is 23.8 Å². The van der Waals surface area contributed by atoms with E-state index in [1.807, 2.05) is 12.1 Å². The van der Waals surface area contributed by atoms with Gasteiger partial charge in [-0.05, 0) is 79.1 Å². The summed E-state index contributed by atoms with van der Waals surface area (Å²) in [7, 11) is 0. The van der Waals surface area contributed by atoms with Gasteiger partial charge in [-0.2, -0.15) is 0 Å². The fraction of sp³-hybridized carbons (Fsp3) is 0.409. The van der Waals surface area contributed by atoms with Crippen LogP contribution in [0.25, 0.3) is 0 Å². The molecule has 1 saturated carbocycles. The summed E-state index contributed by atoms with van der Waals surface area (Å²) in [6.07, 6.45) is 2.51. The average Bonchev–Trinajstić information content (AvgIpc) is 2.94. The summed E-state index contributed by atoms with van der Waals surface area (Å²) in [5, 5.41) is 0. The number of nitrogens with zero attached hydrogens (tertiary/aromatic N) is 1. The Morgan fingerprint density at radius 2 is 1.62 bits per heavy atom. The van der Waals surface area contributed by atoms with E-state index in [4.69, 9.17) is 0 Å². The van der Waals surface area contributed by atoms with E-state index < -0.39 is 0 Å². The highest BCUT2D eigenvalue weighted by molar-refractivity contribution is 5.95. The van der Waals surface area contributed by atoms with Crippen molar-refractivity contribution in [3.05, 3.63) is 71.3 Å². The Balaban J connectivity index is 1.24. The van der Waals surface area contributed by atoms with E-state index in [-0.39, 0.29) is 17.4 Å². The smallest absolute Gasteiger partial charge is 0.162 e. The monoisotopic (exact) mass is 355 g/mol. The quantitative estimate of drug-likeness (QED) is 0.702. The molecule has 1 aliphatic carbocycles. The molecule has 0 radical (unpaired) electrons. The molecule has 2 fully saturated rings. The molecule has 2 aromatic carbocycles. The fourth-order valence-corrected chi connectivity index (χ4v) is 4.52. The Bertz CT molecular complexity index is 772. The Morgan fingerprint density at radius 1 is 0.962 bits per heavy atom. The van der Waals surface area contributed by atoms with E-state index in [2.05, 4.69) is 4.90 Å². The van der Waals surface area contributed by atoms with Gasteiger partial charge in [0.25, 0.3) is 0 Å². The molecule has 4 rings (SSSR count). The maximum absolute atomic E-state index is 13.1. The van der Waals surface area contributed by atoms with Crippen LogP contribution in [0, 0.1) is 23.5 Å². The van der Waals surface area contributed by atoms with Crippen molar-refractivity contribution in [1.82, 2.24) is 4.90 Å². The van der Waals surface area contributed by atoms with E-state index in [1.54, 1.807) is 24.3 Å². The minimum Gasteiger partial charge on any atom is -0.303 e. The van der Waals surface area contributed by atoms with E-state index in [0.717, 1.165) is 32.0 Å². The molecule has 2 aliphatic rings. The molecular weight excluding hydrogens is 332 g/mol. The maximum Gasteiger partial charge on any atom is 0.162 e. The summed E-state index contributed by atoms with van der Waals surface area (Å²) in [6, 6.07) is 12.7. The molecule has 1 heterocycles. The zero-order chi connectivity index (χ0) is 18.1. The van der Waals surface area contributed by atoms with Crippen LogP contribution in [0.5, 0.6) is 0 Å². The van der Waals surface area contributed by atoms with Crippen LogP contribution < -0.4 is 0 Å². The third-order valence-corrected chi connectivity index (χ3v) is 5.98. The standard InChI is InChI=1S/C22H23F2NO/c23-18-7-3-15(4-8-18)20-12-17-13-25(14-21(17)20)11-1-2-22(26)16-5-9-19(24)10-6-16/h3-10,17,20-21H,1-2,11-14H2. The van der Waals surface area contributed by atoms with Crippen LogP contribution in [0.15, 0.2) is 48.5 Å². The van der Waals surface area contributed by atoms with Gasteiger partial charge < -0.3 is 4.90 Å². The Morgan fingerprint density at radius 3 is 2.31 bits per heavy atom. The number of likely N-dealkylation sites (tertiary alicyclic amines) is 1. The highest BCUT2D eigenvalue weighted by atomic mass is 19.1. The summed E-state index contributed by atoms with van der Waals surface area (Å²) in [5.41, 5.74) is 1.84. The molecule has 0 spiro atoms. The second-order valence-electron chi connectivity index (χ2n) is 7.61. The van der Waals surface area contributed by atoms with Crippen molar-refractivity contribution in [2.24, 2.45) is 11.8 Å². The van der Waals surface area contributed by atoms with Crippen molar-refractivity contribution in [2.45, 2.75) is 25.2 Å². The van der Waals surface area contributed by atoms with Gasteiger partial charge in [0.2, 0.25) is 0 Å². The number of benzene rings is 2. The second-order valence-corrected chi connectivity index (χ2v) is 7.61. The minimum atomic E-state index is -0.315. The summed E-state index contributed by atoms with van der Waals surface area (Å²) in [6.45, 7) is 3.10. The van der Waals surface area contributed by atoms with Gasteiger partial charge in [0.15, 0.2) is 5.78 Å². The number of fused-ring (bicyclic) bond motifs is 1. The number of Topliss-reactive ketones (excluding diaryl/α,β-unsaturated/α-hetero) is 1. The molecule has 0 bridgehead atoms. The second kappa shape index (κ2) is 7.28. The van der Waals surface area contributed by atoms with Crippen LogP contribution in [0.3, 0.4) is 0 Å². The predicted octanol–water partition coefficient (Wildman–Crippen LogP) is 4.66. The number of rotatable bonds is 6. The highest BCUT2D eigenvalue weighted by Gasteiger charge is 2.47. The number of carbonyl (C=O) groups excluding carboxylic acids is 1. The van der Waals surface area contributed by atoms with Gasteiger partial charge in [0.1, 0.15) is 11.6 Å². The molecule has 2 aromatic rings. The molecule has 0 amide bonds. The number of hydrogen-bond donors (Lipinski definition) is 0. The molecule has 3 unspecified atom stereocenters. The van der Waals surface area contributed by atoms with Crippen molar-refractivity contribution in [3.8, 4) is 0 Å². The molecular formula is C22H23F2NO. The highest BCUT2D eigenvalue weighted by Crippen LogP contribution is 2.51. The normalized spacial score (nSPS) is 24.9. The van der Waals surface area contributed by atoms with Gasteiger partial charge in [0.05, 0.1) is 0 Å². The van der Waals surface area contributed by atoms with Gasteiger partial charge in [-0.25, -0.2) is 8.78 Å². The lowest BCUT2D eigenvalue weighted by Gasteiger charge is -2.40. The Kier molecular flexibility index (Phi) is 4.86. The SMILES string of the molecule is O=C(CCCN1CC2CC(c3ccc(F)cc3)C2C1)c1ccc(F)cc1. The van der Waals surface area contributed by atoms with Crippen molar-refractivity contribution in [3.63, 3.8) is 0 Å². The lowest BCUT2D eigenvalue weighted by Crippen LogP contribution is -2.33. The van der Waals surface area contributed by atoms with Crippen molar-refractivity contribution in [1.29, 1.82) is 0 Å². The molecule has 0 N–H and O–H groups in total. The Labute approximate surface area is 152 Å². The first-order valence-electron chi connectivity index (χ1n) is 9.37. The number of carbonyl (C=O) groups is 1. The third-order valence-electron chi connectivity index (χ3n) is 5.98. The van der Waals surface area contributed by atoms with Crippen molar-refractivity contribution >= 4 is 5.78 Å². The maximum atomic E-state index is 13.1. The summed E-state index contributed by atoms with van der Waals surface area (Å²) in [5.74, 6) is 1.53. The molecule has 0 aromatic heterocycles. The largest absolute Gasteiger partial charge is 0.303 e. The van der Waals surface area contributed by atoms with Crippen LogP contribution in [-0.2, 0) is 0 Å². The molecule has 2 nitrogen and oxygen atoms in total. The van der Waals surface area contributed by atoms with Gasteiger partial charge in [-0.15, -0.1) is 0 Å². The number of ketones is 1. The predicted molar refractivity (Wildman–Crippen MR) is 97.1 cm³/mol. The molecule has 26 heavy (non-hydrogen) atoms. The average molecular weight is 355 g/mol. The zero-order valence-electron chi connectivity index (χ0n) is 14.7. The topological polar surface area (TPSA) is 20.3 Å². The third kappa shape index (κ3) is 3.56. The van der Waals surface area contributed by atoms with Crippen LogP contribution in [-0.4, -0.2) is 30.3 Å². The minimum absolute atomic E-state index is 0.0800. The molecule has 3 atom stereocenters. The first kappa shape index (κ1) is 17.3. The lowest BCUT2D eigenvalue weighted by molar-refractivity contribution is 0.0976. The molecule has 1 aliphatic heterocycles. The number of halogens is 2. The Hall–Kier alpha value is -2.07. The summed E-state index contributed by atoms with van der Waals surface area (Å²) < 4.78 is 26.0. The van der Waals surface area contributed by atoms with E-state index >= 15 is 0 Å². The van der Waals surface area contributed by atoms with Crippen molar-refractivity contribution in [2.75, 3.05) is 19.6 Å². The van der Waals surface area contributed by atoms with E-state index in [1.165, 1.54) is 24.1 Å². The van der Waals surface area contributed by atoms with Gasteiger partial charge in [-0.3, -0.25) is 4.79 Å². The van der Waals surface area contributed by atoms with Crippen LogP contribution in [0.2, 0.25) is 0 Å². The van der Waals surface area contributed by atoms with Crippen LogP contribution in [0.4, 0.5) is 8.78 Å². The zero-order valence-corrected chi connectivity index (χ0v) is 14.7. The molecule has 4 heteroatoms. The molecule has 1 saturated heterocycles.